The van der Waals surface area contributed by atoms with E-state index in [9.17, 15) is 4.79 Å². The maximum absolute atomic E-state index is 12.1. The number of benzene rings is 2. The van der Waals surface area contributed by atoms with Gasteiger partial charge in [0.25, 0.3) is 0 Å². The van der Waals surface area contributed by atoms with E-state index in [0.29, 0.717) is 22.8 Å². The van der Waals surface area contributed by atoms with Gasteiger partial charge >= 0.3 is 5.97 Å². The quantitative estimate of drug-likeness (QED) is 0.298. The molecule has 7 heteroatoms. The number of fused-ring (bicyclic) bond motifs is 1. The summed E-state index contributed by atoms with van der Waals surface area (Å²) >= 11 is 6.71. The van der Waals surface area contributed by atoms with Gasteiger partial charge in [-0.2, -0.15) is 0 Å². The Morgan fingerprint density at radius 3 is 2.72 bits per heavy atom. The van der Waals surface area contributed by atoms with E-state index >= 15 is 0 Å². The molecule has 0 radical (unpaired) electrons. The van der Waals surface area contributed by atoms with Crippen LogP contribution in [0.2, 0.25) is 0 Å². The van der Waals surface area contributed by atoms with Gasteiger partial charge in [0.05, 0.1) is 6.61 Å². The number of carbonyl (C=O) groups is 1. The lowest BCUT2D eigenvalue weighted by Gasteiger charge is -2.28. The van der Waals surface area contributed by atoms with E-state index in [4.69, 9.17) is 18.6 Å². The lowest BCUT2D eigenvalue weighted by molar-refractivity contribution is -0.139. The van der Waals surface area contributed by atoms with Crippen molar-refractivity contribution in [2.45, 2.75) is 19.5 Å². The number of furan rings is 1. The fourth-order valence-electron chi connectivity index (χ4n) is 2.92. The molecule has 0 aliphatic carbocycles. The van der Waals surface area contributed by atoms with Crippen molar-refractivity contribution in [2.75, 3.05) is 0 Å². The highest BCUT2D eigenvalue weighted by molar-refractivity contribution is 9.10. The molecule has 5 nitrogen and oxygen atoms in total. The number of esters is 1. The largest absolute Gasteiger partial charge is 0.460 e. The fraction of sp³-hybridized carbons (Fsp3) is 0.136. The highest BCUT2D eigenvalue weighted by atomic mass is 79.9. The molecule has 1 aliphatic heterocycles. The SMILES string of the molecule is O=C(/C=C/c1ccc(Br)o1)OCc1cc(Br)cc2c1OC(c1ccccc1)OC2. The van der Waals surface area contributed by atoms with Crippen LogP contribution >= 0.6 is 31.9 Å². The van der Waals surface area contributed by atoms with Crippen LogP contribution in [0.15, 0.2) is 74.2 Å². The van der Waals surface area contributed by atoms with Gasteiger partial charge in [-0.05, 0) is 46.3 Å². The second kappa shape index (κ2) is 8.98. The van der Waals surface area contributed by atoms with Crippen molar-refractivity contribution in [3.05, 3.63) is 92.3 Å². The molecule has 0 bridgehead atoms. The Balaban J connectivity index is 1.47. The first-order valence-corrected chi connectivity index (χ1v) is 10.4. The van der Waals surface area contributed by atoms with Crippen LogP contribution in [0.5, 0.6) is 5.75 Å². The van der Waals surface area contributed by atoms with E-state index in [1.165, 1.54) is 6.08 Å². The summed E-state index contributed by atoms with van der Waals surface area (Å²) in [6.45, 7) is 0.483. The number of hydrogen-bond donors (Lipinski definition) is 0. The third-order valence-corrected chi connectivity index (χ3v) is 5.13. The molecule has 29 heavy (non-hydrogen) atoms. The van der Waals surface area contributed by atoms with E-state index in [-0.39, 0.29) is 6.61 Å². The monoisotopic (exact) mass is 518 g/mol. The highest BCUT2D eigenvalue weighted by Gasteiger charge is 2.25. The molecule has 0 spiro atoms. The molecule has 0 amide bonds. The Hall–Kier alpha value is -2.35. The number of hydrogen-bond acceptors (Lipinski definition) is 5. The first-order chi connectivity index (χ1) is 14.1. The summed E-state index contributed by atoms with van der Waals surface area (Å²) in [7, 11) is 0. The summed E-state index contributed by atoms with van der Waals surface area (Å²) in [6.07, 6.45) is 2.38. The molecule has 4 rings (SSSR count). The summed E-state index contributed by atoms with van der Waals surface area (Å²) in [4.78, 5) is 12.1. The van der Waals surface area contributed by atoms with Crippen LogP contribution in [-0.4, -0.2) is 5.97 Å². The van der Waals surface area contributed by atoms with Crippen LogP contribution < -0.4 is 4.74 Å². The number of rotatable bonds is 5. The van der Waals surface area contributed by atoms with Crippen molar-refractivity contribution in [1.82, 2.24) is 0 Å². The third-order valence-electron chi connectivity index (χ3n) is 4.24. The second-order valence-electron chi connectivity index (χ2n) is 6.31. The maximum atomic E-state index is 12.1. The minimum Gasteiger partial charge on any atom is -0.460 e. The molecule has 2 heterocycles. The van der Waals surface area contributed by atoms with Crippen molar-refractivity contribution in [3.8, 4) is 5.75 Å². The van der Waals surface area contributed by atoms with Crippen LogP contribution in [0.4, 0.5) is 0 Å². The Labute approximate surface area is 184 Å². The Morgan fingerprint density at radius 2 is 1.97 bits per heavy atom. The predicted octanol–water partition coefficient (Wildman–Crippen LogP) is 6.17. The molecule has 1 unspecified atom stereocenters. The lowest BCUT2D eigenvalue weighted by atomic mass is 10.1. The molecule has 1 atom stereocenters. The molecule has 3 aromatic rings. The van der Waals surface area contributed by atoms with Crippen LogP contribution in [0.1, 0.15) is 28.7 Å². The molecular weight excluding hydrogens is 504 g/mol. The molecule has 0 saturated heterocycles. The van der Waals surface area contributed by atoms with Crippen molar-refractivity contribution in [1.29, 1.82) is 0 Å². The van der Waals surface area contributed by atoms with Gasteiger partial charge in [0, 0.05) is 27.2 Å². The average Bonchev–Trinajstić information content (AvgIpc) is 3.16. The van der Waals surface area contributed by atoms with Gasteiger partial charge in [-0.15, -0.1) is 0 Å². The Bertz CT molecular complexity index is 1040. The lowest BCUT2D eigenvalue weighted by Crippen LogP contribution is -2.19. The number of ether oxygens (including phenoxy) is 3. The van der Waals surface area contributed by atoms with E-state index in [0.717, 1.165) is 21.2 Å². The first-order valence-electron chi connectivity index (χ1n) is 8.83. The van der Waals surface area contributed by atoms with Crippen molar-refractivity contribution >= 4 is 43.9 Å². The minimum absolute atomic E-state index is 0.0777. The maximum Gasteiger partial charge on any atom is 0.331 e. The minimum atomic E-state index is -0.503. The number of carbonyl (C=O) groups excluding carboxylic acids is 1. The van der Waals surface area contributed by atoms with Gasteiger partial charge in [-0.25, -0.2) is 4.79 Å². The first kappa shape index (κ1) is 19.9. The van der Waals surface area contributed by atoms with Gasteiger partial charge in [0.2, 0.25) is 6.29 Å². The topological polar surface area (TPSA) is 57.9 Å². The van der Waals surface area contributed by atoms with Crippen molar-refractivity contribution < 1.29 is 23.4 Å². The zero-order chi connectivity index (χ0) is 20.2. The van der Waals surface area contributed by atoms with Crippen LogP contribution in [0, 0.1) is 0 Å². The zero-order valence-electron chi connectivity index (χ0n) is 15.1. The van der Waals surface area contributed by atoms with Gasteiger partial charge in [0.15, 0.2) is 4.67 Å². The fourth-order valence-corrected chi connectivity index (χ4v) is 3.80. The molecule has 0 fully saturated rings. The Kier molecular flexibility index (Phi) is 6.18. The molecular formula is C22H16Br2O5. The summed E-state index contributed by atoms with van der Waals surface area (Å²) in [5, 5.41) is 0. The van der Waals surface area contributed by atoms with E-state index in [1.807, 2.05) is 42.5 Å². The molecule has 1 aromatic heterocycles. The van der Waals surface area contributed by atoms with Gasteiger partial charge in [-0.3, -0.25) is 0 Å². The predicted molar refractivity (Wildman–Crippen MR) is 114 cm³/mol. The van der Waals surface area contributed by atoms with E-state index < -0.39 is 12.3 Å². The summed E-state index contributed by atoms with van der Waals surface area (Å²) in [5.41, 5.74) is 2.59. The molecule has 0 saturated carbocycles. The van der Waals surface area contributed by atoms with Gasteiger partial charge in [-0.1, -0.05) is 46.3 Å². The highest BCUT2D eigenvalue weighted by Crippen LogP contribution is 2.38. The van der Waals surface area contributed by atoms with Crippen LogP contribution in [0.25, 0.3) is 6.08 Å². The second-order valence-corrected chi connectivity index (χ2v) is 8.00. The van der Waals surface area contributed by atoms with Gasteiger partial charge in [0.1, 0.15) is 18.1 Å². The van der Waals surface area contributed by atoms with Crippen LogP contribution in [-0.2, 0) is 27.5 Å². The van der Waals surface area contributed by atoms with Crippen LogP contribution in [0.3, 0.4) is 0 Å². The molecule has 2 aromatic carbocycles. The third kappa shape index (κ3) is 4.98. The van der Waals surface area contributed by atoms with E-state index in [1.54, 1.807) is 18.2 Å². The molecule has 0 N–H and O–H groups in total. The molecule has 148 valence electrons. The zero-order valence-corrected chi connectivity index (χ0v) is 18.3. The Morgan fingerprint density at radius 1 is 1.14 bits per heavy atom. The average molecular weight is 520 g/mol. The summed E-state index contributed by atoms with van der Waals surface area (Å²) in [6, 6.07) is 17.0. The number of halogens is 2. The van der Waals surface area contributed by atoms with Crippen molar-refractivity contribution in [2.24, 2.45) is 0 Å². The summed E-state index contributed by atoms with van der Waals surface area (Å²) in [5.74, 6) is 0.762. The molecule has 1 aliphatic rings. The summed E-state index contributed by atoms with van der Waals surface area (Å²) < 4.78 is 24.1. The van der Waals surface area contributed by atoms with E-state index in [2.05, 4.69) is 31.9 Å². The standard InChI is InChI=1S/C22H16Br2O5/c23-17-10-15(12-26-20(25)9-7-18-6-8-19(24)28-18)21-16(11-17)13-27-22(29-21)14-4-2-1-3-5-14/h1-11,22H,12-13H2/b9-7+. The smallest absolute Gasteiger partial charge is 0.331 e. The van der Waals surface area contributed by atoms with Gasteiger partial charge < -0.3 is 18.6 Å². The van der Waals surface area contributed by atoms with Crippen molar-refractivity contribution in [3.63, 3.8) is 0 Å². The normalized spacial score (nSPS) is 15.7.